The molecule has 1 unspecified atom stereocenters. The van der Waals surface area contributed by atoms with E-state index in [4.69, 9.17) is 5.73 Å². The van der Waals surface area contributed by atoms with Crippen LogP contribution in [0.15, 0.2) is 0 Å². The number of aliphatic hydroxyl groups is 1. The Balaban J connectivity index is 2.70. The van der Waals surface area contributed by atoms with E-state index in [1.54, 1.807) is 7.05 Å². The van der Waals surface area contributed by atoms with E-state index in [1.807, 2.05) is 13.8 Å². The Kier molecular flexibility index (Phi) is 5.15. The second-order valence-corrected chi connectivity index (χ2v) is 4.34. The average molecular weight is 254 g/mol. The van der Waals surface area contributed by atoms with E-state index in [0.717, 1.165) is 12.1 Å². The SMILES string of the molecule is CCCC(O)CNC(=O)c1c(N)c(CC)nn1C. The zero-order valence-corrected chi connectivity index (χ0v) is 11.2. The van der Waals surface area contributed by atoms with Crippen molar-refractivity contribution in [1.82, 2.24) is 15.1 Å². The third-order valence-electron chi connectivity index (χ3n) is 2.83. The first kappa shape index (κ1) is 14.5. The number of carbonyl (C=O) groups excluding carboxylic acids is 1. The summed E-state index contributed by atoms with van der Waals surface area (Å²) in [6.07, 6.45) is 1.72. The minimum atomic E-state index is -0.515. The number of hydrogen-bond donors (Lipinski definition) is 3. The van der Waals surface area contributed by atoms with E-state index in [1.165, 1.54) is 4.68 Å². The van der Waals surface area contributed by atoms with Gasteiger partial charge in [-0.3, -0.25) is 9.48 Å². The number of nitrogens with two attached hydrogens (primary N) is 1. The topological polar surface area (TPSA) is 93.2 Å². The van der Waals surface area contributed by atoms with Gasteiger partial charge in [0, 0.05) is 13.6 Å². The Morgan fingerprint density at radius 1 is 1.56 bits per heavy atom. The predicted octanol–water partition coefficient (Wildman–Crippen LogP) is 0.455. The molecule has 6 nitrogen and oxygen atoms in total. The Hall–Kier alpha value is -1.56. The van der Waals surface area contributed by atoms with Gasteiger partial charge in [0.15, 0.2) is 0 Å². The Labute approximate surface area is 107 Å². The highest BCUT2D eigenvalue weighted by Gasteiger charge is 2.19. The van der Waals surface area contributed by atoms with Crippen LogP contribution in [0, 0.1) is 0 Å². The van der Waals surface area contributed by atoms with Gasteiger partial charge in [0.2, 0.25) is 0 Å². The van der Waals surface area contributed by atoms with Crippen molar-refractivity contribution in [3.8, 4) is 0 Å². The van der Waals surface area contributed by atoms with E-state index in [-0.39, 0.29) is 12.5 Å². The molecular formula is C12H22N4O2. The number of aromatic nitrogens is 2. The molecule has 18 heavy (non-hydrogen) atoms. The summed E-state index contributed by atoms with van der Waals surface area (Å²) in [5.41, 5.74) is 7.37. The summed E-state index contributed by atoms with van der Waals surface area (Å²) in [5.74, 6) is -0.294. The highest BCUT2D eigenvalue weighted by Crippen LogP contribution is 2.16. The van der Waals surface area contributed by atoms with Crippen LogP contribution in [0.3, 0.4) is 0 Å². The third kappa shape index (κ3) is 3.22. The van der Waals surface area contributed by atoms with Crippen molar-refractivity contribution in [1.29, 1.82) is 0 Å². The standard InChI is InChI=1S/C12H22N4O2/c1-4-6-8(17)7-14-12(18)11-10(13)9(5-2)15-16(11)3/h8,17H,4-7,13H2,1-3H3,(H,14,18). The van der Waals surface area contributed by atoms with Crippen molar-refractivity contribution in [2.24, 2.45) is 7.05 Å². The van der Waals surface area contributed by atoms with Gasteiger partial charge in [-0.05, 0) is 12.8 Å². The summed E-state index contributed by atoms with van der Waals surface area (Å²) in [6.45, 7) is 4.15. The normalized spacial score (nSPS) is 12.4. The lowest BCUT2D eigenvalue weighted by molar-refractivity contribution is 0.0902. The van der Waals surface area contributed by atoms with Crippen LogP contribution in [-0.2, 0) is 13.5 Å². The molecule has 102 valence electrons. The monoisotopic (exact) mass is 254 g/mol. The van der Waals surface area contributed by atoms with Gasteiger partial charge in [0.1, 0.15) is 5.69 Å². The van der Waals surface area contributed by atoms with Gasteiger partial charge in [-0.2, -0.15) is 5.10 Å². The molecule has 0 saturated carbocycles. The number of hydrogen-bond acceptors (Lipinski definition) is 4. The van der Waals surface area contributed by atoms with Crippen LogP contribution < -0.4 is 11.1 Å². The smallest absolute Gasteiger partial charge is 0.271 e. The highest BCUT2D eigenvalue weighted by atomic mass is 16.3. The molecule has 0 aliphatic rings. The first-order valence-electron chi connectivity index (χ1n) is 6.28. The fourth-order valence-electron chi connectivity index (χ4n) is 1.86. The van der Waals surface area contributed by atoms with Gasteiger partial charge in [0.05, 0.1) is 17.5 Å². The number of nitrogens with one attached hydrogen (secondary N) is 1. The first-order chi connectivity index (χ1) is 8.51. The number of aliphatic hydroxyl groups excluding tert-OH is 1. The fourth-order valence-corrected chi connectivity index (χ4v) is 1.86. The molecule has 1 rings (SSSR count). The second kappa shape index (κ2) is 6.39. The van der Waals surface area contributed by atoms with Crippen LogP contribution in [0.25, 0.3) is 0 Å². The van der Waals surface area contributed by atoms with Crippen LogP contribution in [0.4, 0.5) is 5.69 Å². The summed E-state index contributed by atoms with van der Waals surface area (Å²) in [7, 11) is 1.69. The van der Waals surface area contributed by atoms with Crippen LogP contribution >= 0.6 is 0 Å². The van der Waals surface area contributed by atoms with E-state index < -0.39 is 6.10 Å². The number of amides is 1. The van der Waals surface area contributed by atoms with E-state index in [2.05, 4.69) is 10.4 Å². The zero-order valence-electron chi connectivity index (χ0n) is 11.2. The Morgan fingerprint density at radius 2 is 2.22 bits per heavy atom. The second-order valence-electron chi connectivity index (χ2n) is 4.34. The number of carbonyl (C=O) groups is 1. The summed E-state index contributed by atoms with van der Waals surface area (Å²) in [4.78, 5) is 12.0. The number of anilines is 1. The number of aryl methyl sites for hydroxylation is 2. The first-order valence-corrected chi connectivity index (χ1v) is 6.28. The molecule has 1 amide bonds. The van der Waals surface area contributed by atoms with Gasteiger partial charge >= 0.3 is 0 Å². The zero-order chi connectivity index (χ0) is 13.7. The number of rotatable bonds is 6. The largest absolute Gasteiger partial charge is 0.395 e. The van der Waals surface area contributed by atoms with Gasteiger partial charge in [-0.25, -0.2) is 0 Å². The van der Waals surface area contributed by atoms with Gasteiger partial charge in [-0.1, -0.05) is 20.3 Å². The Morgan fingerprint density at radius 3 is 2.72 bits per heavy atom. The van der Waals surface area contributed by atoms with Gasteiger partial charge in [-0.15, -0.1) is 0 Å². The van der Waals surface area contributed by atoms with E-state index >= 15 is 0 Å². The molecule has 0 radical (unpaired) electrons. The molecule has 0 saturated heterocycles. The minimum absolute atomic E-state index is 0.235. The molecule has 0 spiro atoms. The maximum atomic E-state index is 12.0. The summed E-state index contributed by atoms with van der Waals surface area (Å²) >= 11 is 0. The number of nitrogens with zero attached hydrogens (tertiary/aromatic N) is 2. The Bertz CT molecular complexity index is 414. The van der Waals surface area contributed by atoms with E-state index in [0.29, 0.717) is 24.2 Å². The number of nitrogen functional groups attached to an aromatic ring is 1. The van der Waals surface area contributed by atoms with Crippen LogP contribution in [0.5, 0.6) is 0 Å². The van der Waals surface area contributed by atoms with Crippen molar-refractivity contribution in [2.45, 2.75) is 39.2 Å². The van der Waals surface area contributed by atoms with Crippen LogP contribution in [-0.4, -0.2) is 33.4 Å². The maximum Gasteiger partial charge on any atom is 0.271 e. The lowest BCUT2D eigenvalue weighted by Crippen LogP contribution is -2.33. The minimum Gasteiger partial charge on any atom is -0.395 e. The van der Waals surface area contributed by atoms with Crippen molar-refractivity contribution < 1.29 is 9.90 Å². The van der Waals surface area contributed by atoms with Gasteiger partial charge in [0.25, 0.3) is 5.91 Å². The molecule has 1 aromatic rings. The highest BCUT2D eigenvalue weighted by molar-refractivity contribution is 5.97. The van der Waals surface area contributed by atoms with Crippen molar-refractivity contribution in [3.63, 3.8) is 0 Å². The fraction of sp³-hybridized carbons (Fsp3) is 0.667. The molecule has 6 heteroatoms. The molecule has 0 aliphatic heterocycles. The molecule has 0 bridgehead atoms. The molecule has 0 aromatic carbocycles. The lowest BCUT2D eigenvalue weighted by Gasteiger charge is -2.11. The summed E-state index contributed by atoms with van der Waals surface area (Å²) in [5, 5.41) is 16.4. The quantitative estimate of drug-likeness (QED) is 0.687. The maximum absolute atomic E-state index is 12.0. The van der Waals surface area contributed by atoms with E-state index in [9.17, 15) is 9.90 Å². The molecule has 1 heterocycles. The summed E-state index contributed by atoms with van der Waals surface area (Å²) < 4.78 is 1.48. The molecule has 1 atom stereocenters. The van der Waals surface area contributed by atoms with Crippen LogP contribution in [0.2, 0.25) is 0 Å². The molecule has 0 aliphatic carbocycles. The third-order valence-corrected chi connectivity index (χ3v) is 2.83. The van der Waals surface area contributed by atoms with Gasteiger partial charge < -0.3 is 16.2 Å². The predicted molar refractivity (Wildman–Crippen MR) is 70.2 cm³/mol. The molecule has 4 N–H and O–H groups in total. The van der Waals surface area contributed by atoms with Crippen molar-refractivity contribution in [2.75, 3.05) is 12.3 Å². The molecule has 0 fully saturated rings. The molecule has 1 aromatic heterocycles. The average Bonchev–Trinajstić information content (AvgIpc) is 2.61. The molecular weight excluding hydrogens is 232 g/mol. The lowest BCUT2D eigenvalue weighted by atomic mass is 10.2. The van der Waals surface area contributed by atoms with Crippen molar-refractivity contribution in [3.05, 3.63) is 11.4 Å². The van der Waals surface area contributed by atoms with Crippen molar-refractivity contribution >= 4 is 11.6 Å². The summed E-state index contributed by atoms with van der Waals surface area (Å²) in [6, 6.07) is 0. The van der Waals surface area contributed by atoms with Crippen LogP contribution in [0.1, 0.15) is 42.9 Å².